The van der Waals surface area contributed by atoms with Gasteiger partial charge in [0, 0.05) is 24.9 Å². The number of rotatable bonds is 6. The average Bonchev–Trinajstić information content (AvgIpc) is 2.55. The lowest BCUT2D eigenvalue weighted by Gasteiger charge is -2.46. The predicted octanol–water partition coefficient (Wildman–Crippen LogP) is 3.71. The molecule has 1 fully saturated rings. The molecule has 2 rings (SSSR count). The summed E-state index contributed by atoms with van der Waals surface area (Å²) in [5, 5.41) is 0. The van der Waals surface area contributed by atoms with E-state index in [0.29, 0.717) is 38.6 Å². The lowest BCUT2D eigenvalue weighted by Crippen LogP contribution is -2.53. The van der Waals surface area contributed by atoms with Crippen LogP contribution in [0.2, 0.25) is 0 Å². The van der Waals surface area contributed by atoms with E-state index in [9.17, 15) is 9.59 Å². The first-order chi connectivity index (χ1) is 10.6. The number of alkyl halides is 1. The summed E-state index contributed by atoms with van der Waals surface area (Å²) in [4.78, 5) is 25.9. The Morgan fingerprint density at radius 3 is 2.45 bits per heavy atom. The highest BCUT2D eigenvalue weighted by Gasteiger charge is 2.41. The summed E-state index contributed by atoms with van der Waals surface area (Å²) in [6, 6.07) is 9.89. The van der Waals surface area contributed by atoms with Gasteiger partial charge in [-0.25, -0.2) is 0 Å². The number of carbonyl (C=O) groups excluding carboxylic acids is 2. The van der Waals surface area contributed by atoms with Crippen molar-refractivity contribution in [1.82, 2.24) is 4.90 Å². The molecule has 0 radical (unpaired) electrons. The zero-order valence-electron chi connectivity index (χ0n) is 12.8. The molecule has 1 aromatic carbocycles. The Balaban J connectivity index is 2.30. The van der Waals surface area contributed by atoms with Crippen LogP contribution in [-0.4, -0.2) is 28.0 Å². The standard InChI is InChI=1S/C18H22ClNO2/c1-2-10-18(11-8-16(21)9-12-18)20(17(22)13-19)14-15-6-4-3-5-7-15/h2-7H,1,8-14H2. The largest absolute Gasteiger partial charge is 0.331 e. The lowest BCUT2D eigenvalue weighted by molar-refractivity contribution is -0.140. The van der Waals surface area contributed by atoms with Crippen molar-refractivity contribution in [1.29, 1.82) is 0 Å². The van der Waals surface area contributed by atoms with Crippen molar-refractivity contribution in [3.8, 4) is 0 Å². The van der Waals surface area contributed by atoms with E-state index in [4.69, 9.17) is 11.6 Å². The second kappa shape index (κ2) is 7.59. The van der Waals surface area contributed by atoms with E-state index in [1.165, 1.54) is 0 Å². The molecule has 1 saturated carbocycles. The number of hydrogen-bond acceptors (Lipinski definition) is 2. The molecule has 1 amide bonds. The number of Topliss-reactive ketones (excluding diaryl/α,β-unsaturated/α-hetero) is 1. The maximum atomic E-state index is 12.5. The molecule has 3 nitrogen and oxygen atoms in total. The fourth-order valence-corrected chi connectivity index (χ4v) is 3.35. The molecule has 0 N–H and O–H groups in total. The van der Waals surface area contributed by atoms with Gasteiger partial charge in [-0.15, -0.1) is 18.2 Å². The Kier molecular flexibility index (Phi) is 5.78. The molecule has 0 bridgehead atoms. The summed E-state index contributed by atoms with van der Waals surface area (Å²) < 4.78 is 0. The Hall–Kier alpha value is -1.61. The van der Waals surface area contributed by atoms with Crippen LogP contribution in [0.5, 0.6) is 0 Å². The molecule has 0 heterocycles. The summed E-state index contributed by atoms with van der Waals surface area (Å²) in [5.41, 5.74) is 0.735. The second-order valence-corrected chi connectivity index (χ2v) is 6.12. The van der Waals surface area contributed by atoms with Gasteiger partial charge >= 0.3 is 0 Å². The van der Waals surface area contributed by atoms with E-state index in [0.717, 1.165) is 5.56 Å². The normalized spacial score (nSPS) is 17.0. The third-order valence-electron chi connectivity index (χ3n) is 4.43. The number of amides is 1. The van der Waals surface area contributed by atoms with Gasteiger partial charge in [0.2, 0.25) is 5.91 Å². The van der Waals surface area contributed by atoms with Crippen molar-refractivity contribution in [3.63, 3.8) is 0 Å². The molecule has 22 heavy (non-hydrogen) atoms. The zero-order chi connectivity index (χ0) is 16.0. The fraction of sp³-hybridized carbons (Fsp3) is 0.444. The highest BCUT2D eigenvalue weighted by molar-refractivity contribution is 6.27. The van der Waals surface area contributed by atoms with Gasteiger partial charge in [0.05, 0.1) is 0 Å². The van der Waals surface area contributed by atoms with Crippen molar-refractivity contribution < 1.29 is 9.59 Å². The van der Waals surface area contributed by atoms with Gasteiger partial charge in [0.15, 0.2) is 0 Å². The molecule has 0 atom stereocenters. The second-order valence-electron chi connectivity index (χ2n) is 5.85. The Morgan fingerprint density at radius 1 is 1.27 bits per heavy atom. The summed E-state index contributed by atoms with van der Waals surface area (Å²) in [5.74, 6) is 0.152. The van der Waals surface area contributed by atoms with Crippen molar-refractivity contribution in [2.24, 2.45) is 0 Å². The van der Waals surface area contributed by atoms with Gasteiger partial charge in [-0.05, 0) is 24.8 Å². The van der Waals surface area contributed by atoms with Crippen LogP contribution in [0.25, 0.3) is 0 Å². The van der Waals surface area contributed by atoms with E-state index < -0.39 is 0 Å². The highest BCUT2D eigenvalue weighted by Crippen LogP contribution is 2.37. The quantitative estimate of drug-likeness (QED) is 0.592. The Morgan fingerprint density at radius 2 is 1.91 bits per heavy atom. The molecule has 0 aliphatic heterocycles. The Bertz CT molecular complexity index is 531. The van der Waals surface area contributed by atoms with Gasteiger partial charge in [0.1, 0.15) is 11.7 Å². The topological polar surface area (TPSA) is 37.4 Å². The molecular formula is C18H22ClNO2. The van der Waals surface area contributed by atoms with Crippen LogP contribution in [0.3, 0.4) is 0 Å². The zero-order valence-corrected chi connectivity index (χ0v) is 13.5. The number of ketones is 1. The first-order valence-electron chi connectivity index (χ1n) is 7.64. The van der Waals surface area contributed by atoms with E-state index in [-0.39, 0.29) is 23.1 Å². The average molecular weight is 320 g/mol. The maximum Gasteiger partial charge on any atom is 0.238 e. The van der Waals surface area contributed by atoms with E-state index >= 15 is 0 Å². The van der Waals surface area contributed by atoms with E-state index in [1.54, 1.807) is 0 Å². The van der Waals surface area contributed by atoms with Crippen LogP contribution < -0.4 is 0 Å². The summed E-state index contributed by atoms with van der Waals surface area (Å²) in [6.45, 7) is 4.36. The molecule has 1 aromatic rings. The highest BCUT2D eigenvalue weighted by atomic mass is 35.5. The van der Waals surface area contributed by atoms with Crippen molar-refractivity contribution >= 4 is 23.3 Å². The molecule has 0 spiro atoms. The maximum absolute atomic E-state index is 12.5. The minimum Gasteiger partial charge on any atom is -0.331 e. The number of halogens is 1. The molecule has 1 aliphatic carbocycles. The minimum absolute atomic E-state index is 0.0420. The van der Waals surface area contributed by atoms with Crippen molar-refractivity contribution in [2.45, 2.75) is 44.2 Å². The molecule has 118 valence electrons. The van der Waals surface area contributed by atoms with E-state index in [2.05, 4.69) is 6.58 Å². The molecule has 0 saturated heterocycles. The third-order valence-corrected chi connectivity index (χ3v) is 4.66. The lowest BCUT2D eigenvalue weighted by atomic mass is 9.77. The van der Waals surface area contributed by atoms with Crippen LogP contribution in [0.1, 0.15) is 37.7 Å². The summed E-state index contributed by atoms with van der Waals surface area (Å²) in [7, 11) is 0. The SMILES string of the molecule is C=CCC1(N(Cc2ccccc2)C(=O)CCl)CCC(=O)CC1. The number of hydrogen-bond donors (Lipinski definition) is 0. The molecule has 0 unspecified atom stereocenters. The number of nitrogens with zero attached hydrogens (tertiary/aromatic N) is 1. The number of carbonyl (C=O) groups is 2. The molecular weight excluding hydrogens is 298 g/mol. The first-order valence-corrected chi connectivity index (χ1v) is 8.18. The smallest absolute Gasteiger partial charge is 0.238 e. The van der Waals surface area contributed by atoms with Crippen LogP contribution in [-0.2, 0) is 16.1 Å². The summed E-state index contributed by atoms with van der Waals surface area (Å²) in [6.07, 6.45) is 4.95. The fourth-order valence-electron chi connectivity index (χ4n) is 3.21. The van der Waals surface area contributed by atoms with Crippen LogP contribution in [0.4, 0.5) is 0 Å². The number of benzene rings is 1. The van der Waals surface area contributed by atoms with E-state index in [1.807, 2.05) is 41.3 Å². The van der Waals surface area contributed by atoms with Crippen molar-refractivity contribution in [3.05, 3.63) is 48.6 Å². The van der Waals surface area contributed by atoms with Gasteiger partial charge in [-0.1, -0.05) is 36.4 Å². The van der Waals surface area contributed by atoms with Gasteiger partial charge in [-0.2, -0.15) is 0 Å². The van der Waals surface area contributed by atoms with Crippen molar-refractivity contribution in [2.75, 3.05) is 5.88 Å². The minimum atomic E-state index is -0.336. The van der Waals surface area contributed by atoms with Gasteiger partial charge < -0.3 is 4.90 Å². The van der Waals surface area contributed by atoms with Crippen LogP contribution >= 0.6 is 11.6 Å². The molecule has 0 aromatic heterocycles. The first kappa shape index (κ1) is 16.8. The summed E-state index contributed by atoms with van der Waals surface area (Å²) >= 11 is 5.84. The molecule has 1 aliphatic rings. The van der Waals surface area contributed by atoms with Crippen LogP contribution in [0.15, 0.2) is 43.0 Å². The Labute approximate surface area is 137 Å². The van der Waals surface area contributed by atoms with Gasteiger partial charge in [0.25, 0.3) is 0 Å². The monoisotopic (exact) mass is 319 g/mol. The molecule has 4 heteroatoms. The van der Waals surface area contributed by atoms with Gasteiger partial charge in [-0.3, -0.25) is 9.59 Å². The van der Waals surface area contributed by atoms with Crippen LogP contribution in [0, 0.1) is 0 Å². The predicted molar refractivity (Wildman–Crippen MR) is 88.7 cm³/mol. The third kappa shape index (κ3) is 3.77.